The number of benzene rings is 1. The lowest BCUT2D eigenvalue weighted by molar-refractivity contribution is -0.385. The maximum absolute atomic E-state index is 13.9. The van der Waals surface area contributed by atoms with Gasteiger partial charge in [0.15, 0.2) is 0 Å². The monoisotopic (exact) mass is 310 g/mol. The van der Waals surface area contributed by atoms with Gasteiger partial charge in [-0.3, -0.25) is 10.1 Å². The number of nitro benzene ring substituents is 1. The van der Waals surface area contributed by atoms with E-state index in [1.807, 2.05) is 0 Å². The lowest BCUT2D eigenvalue weighted by Gasteiger charge is -2.00. The minimum absolute atomic E-state index is 0.146. The van der Waals surface area contributed by atoms with Crippen LogP contribution in [0.15, 0.2) is 24.3 Å². The molecule has 0 aliphatic carbocycles. The highest BCUT2D eigenvalue weighted by Gasteiger charge is 2.19. The minimum Gasteiger partial charge on any atom is -0.462 e. The van der Waals surface area contributed by atoms with Crippen molar-refractivity contribution in [2.24, 2.45) is 0 Å². The highest BCUT2D eigenvalue weighted by Crippen LogP contribution is 2.36. The van der Waals surface area contributed by atoms with E-state index in [-0.39, 0.29) is 28.4 Å². The Hall–Kier alpha value is -2.48. The molecule has 0 saturated carbocycles. The van der Waals surface area contributed by atoms with Crippen LogP contribution in [-0.2, 0) is 4.74 Å². The van der Waals surface area contributed by atoms with Gasteiger partial charge in [0.1, 0.15) is 10.7 Å². The maximum Gasteiger partial charge on any atom is 0.350 e. The number of hydrogen-bond acceptors (Lipinski definition) is 6. The number of hydrogen-bond donors (Lipinski definition) is 1. The number of halogens is 1. The Morgan fingerprint density at radius 3 is 2.76 bits per heavy atom. The number of nitrogens with zero attached hydrogens (tertiary/aromatic N) is 1. The van der Waals surface area contributed by atoms with Crippen LogP contribution in [-0.4, -0.2) is 17.5 Å². The summed E-state index contributed by atoms with van der Waals surface area (Å²) in [4.78, 5) is 22.2. The van der Waals surface area contributed by atoms with Gasteiger partial charge in [0, 0.05) is 16.5 Å². The molecule has 0 unspecified atom stereocenters. The number of nitro groups is 1. The second-order valence-corrected chi connectivity index (χ2v) is 5.09. The van der Waals surface area contributed by atoms with E-state index in [4.69, 9.17) is 10.5 Å². The van der Waals surface area contributed by atoms with Crippen molar-refractivity contribution in [2.75, 3.05) is 12.3 Å². The number of non-ortho nitro benzene ring substituents is 1. The molecule has 0 aliphatic heterocycles. The largest absolute Gasteiger partial charge is 0.462 e. The fourth-order valence-electron chi connectivity index (χ4n) is 1.71. The summed E-state index contributed by atoms with van der Waals surface area (Å²) in [6.45, 7) is 1.87. The summed E-state index contributed by atoms with van der Waals surface area (Å²) in [6.07, 6.45) is 0. The summed E-state index contributed by atoms with van der Waals surface area (Å²) in [7, 11) is 0. The molecule has 0 fully saturated rings. The van der Waals surface area contributed by atoms with Gasteiger partial charge in [0.05, 0.1) is 23.3 Å². The van der Waals surface area contributed by atoms with E-state index in [0.29, 0.717) is 4.88 Å². The fourth-order valence-corrected chi connectivity index (χ4v) is 2.71. The van der Waals surface area contributed by atoms with Crippen molar-refractivity contribution in [3.8, 4) is 10.4 Å². The first-order chi connectivity index (χ1) is 9.93. The molecule has 1 heterocycles. The minimum atomic E-state index is -0.749. The van der Waals surface area contributed by atoms with Crippen molar-refractivity contribution in [2.45, 2.75) is 6.92 Å². The number of nitrogen functional groups attached to an aromatic ring is 1. The Bertz CT molecular complexity index is 714. The fraction of sp³-hybridized carbons (Fsp3) is 0.154. The Morgan fingerprint density at radius 1 is 1.48 bits per heavy atom. The van der Waals surface area contributed by atoms with Gasteiger partial charge in [-0.25, -0.2) is 9.18 Å². The summed E-state index contributed by atoms with van der Waals surface area (Å²) in [6, 6.07) is 4.75. The summed E-state index contributed by atoms with van der Waals surface area (Å²) in [5.41, 5.74) is 5.71. The van der Waals surface area contributed by atoms with Gasteiger partial charge in [0.25, 0.3) is 5.69 Å². The molecule has 0 saturated heterocycles. The van der Waals surface area contributed by atoms with Gasteiger partial charge in [-0.2, -0.15) is 0 Å². The van der Waals surface area contributed by atoms with Gasteiger partial charge in [-0.1, -0.05) is 0 Å². The van der Waals surface area contributed by atoms with E-state index in [1.54, 1.807) is 6.92 Å². The number of esters is 1. The van der Waals surface area contributed by atoms with Crippen LogP contribution >= 0.6 is 11.3 Å². The Kier molecular flexibility index (Phi) is 4.18. The molecule has 0 atom stereocenters. The number of anilines is 1. The SMILES string of the molecule is CCOC(=O)c1sc(-c2ccc([N+](=O)[O-])cc2F)cc1N. The van der Waals surface area contributed by atoms with Crippen molar-refractivity contribution in [1.82, 2.24) is 0 Å². The normalized spacial score (nSPS) is 10.4. The molecule has 110 valence electrons. The molecule has 2 rings (SSSR count). The molecule has 8 heteroatoms. The highest BCUT2D eigenvalue weighted by atomic mass is 32.1. The summed E-state index contributed by atoms with van der Waals surface area (Å²) in [5.74, 6) is -1.32. The average molecular weight is 310 g/mol. The first-order valence-electron chi connectivity index (χ1n) is 5.94. The van der Waals surface area contributed by atoms with Crippen molar-refractivity contribution in [3.63, 3.8) is 0 Å². The Morgan fingerprint density at radius 2 is 2.19 bits per heavy atom. The van der Waals surface area contributed by atoms with Crippen molar-refractivity contribution in [1.29, 1.82) is 0 Å². The predicted molar refractivity (Wildman–Crippen MR) is 76.7 cm³/mol. The molecular formula is C13H11FN2O4S. The topological polar surface area (TPSA) is 95.5 Å². The second kappa shape index (κ2) is 5.88. The van der Waals surface area contributed by atoms with E-state index in [2.05, 4.69) is 0 Å². The lowest BCUT2D eigenvalue weighted by atomic mass is 10.1. The molecule has 0 bridgehead atoms. The molecule has 2 aromatic rings. The van der Waals surface area contributed by atoms with Crippen molar-refractivity contribution < 1.29 is 18.8 Å². The van der Waals surface area contributed by atoms with Gasteiger partial charge in [-0.05, 0) is 19.1 Å². The second-order valence-electron chi connectivity index (χ2n) is 4.04. The van der Waals surface area contributed by atoms with Crippen molar-refractivity contribution in [3.05, 3.63) is 45.1 Å². The third kappa shape index (κ3) is 3.00. The standard InChI is InChI=1S/C13H11FN2O4S/c1-2-20-13(17)12-10(15)6-11(21-12)8-4-3-7(16(18)19)5-9(8)14/h3-6H,2,15H2,1H3. The van der Waals surface area contributed by atoms with Crippen LogP contribution < -0.4 is 5.73 Å². The van der Waals surface area contributed by atoms with Crippen LogP contribution in [0.25, 0.3) is 10.4 Å². The first-order valence-corrected chi connectivity index (χ1v) is 6.76. The molecule has 1 aromatic heterocycles. The van der Waals surface area contributed by atoms with Gasteiger partial charge in [-0.15, -0.1) is 11.3 Å². The molecule has 0 radical (unpaired) electrons. The third-order valence-corrected chi connectivity index (χ3v) is 3.81. The molecule has 6 nitrogen and oxygen atoms in total. The van der Waals surface area contributed by atoms with Gasteiger partial charge in [0.2, 0.25) is 0 Å². The van der Waals surface area contributed by atoms with Gasteiger partial charge < -0.3 is 10.5 Å². The molecule has 1 aromatic carbocycles. The number of carbonyl (C=O) groups excluding carboxylic acids is 1. The number of carbonyl (C=O) groups is 1. The van der Waals surface area contributed by atoms with E-state index in [9.17, 15) is 19.3 Å². The molecular weight excluding hydrogens is 299 g/mol. The number of rotatable bonds is 4. The van der Waals surface area contributed by atoms with Crippen LogP contribution in [0, 0.1) is 15.9 Å². The highest BCUT2D eigenvalue weighted by molar-refractivity contribution is 7.18. The molecule has 0 aliphatic rings. The van der Waals surface area contributed by atoms with Crippen LogP contribution in [0.4, 0.5) is 15.8 Å². The van der Waals surface area contributed by atoms with Crippen LogP contribution in [0.3, 0.4) is 0 Å². The Balaban J connectivity index is 2.41. The van der Waals surface area contributed by atoms with Crippen LogP contribution in [0.5, 0.6) is 0 Å². The zero-order chi connectivity index (χ0) is 15.6. The summed E-state index contributed by atoms with van der Waals surface area (Å²) < 4.78 is 18.8. The number of thiophene rings is 1. The molecule has 0 amide bonds. The van der Waals surface area contributed by atoms with Gasteiger partial charge >= 0.3 is 5.97 Å². The molecule has 0 spiro atoms. The Labute approximate surface area is 123 Å². The lowest BCUT2D eigenvalue weighted by Crippen LogP contribution is -2.04. The van der Waals surface area contributed by atoms with Crippen molar-refractivity contribution >= 4 is 28.7 Å². The smallest absolute Gasteiger partial charge is 0.350 e. The third-order valence-electron chi connectivity index (χ3n) is 2.65. The number of ether oxygens (including phenoxy) is 1. The first kappa shape index (κ1) is 14.9. The zero-order valence-electron chi connectivity index (χ0n) is 11.0. The van der Waals surface area contributed by atoms with E-state index in [1.165, 1.54) is 18.2 Å². The summed E-state index contributed by atoms with van der Waals surface area (Å²) >= 11 is 0.980. The molecule has 2 N–H and O–H groups in total. The molecule has 21 heavy (non-hydrogen) atoms. The number of nitrogens with two attached hydrogens (primary N) is 1. The maximum atomic E-state index is 13.9. The zero-order valence-corrected chi connectivity index (χ0v) is 11.8. The quantitative estimate of drug-likeness (QED) is 0.531. The van der Waals surface area contributed by atoms with E-state index >= 15 is 0 Å². The average Bonchev–Trinajstić information content (AvgIpc) is 2.80. The summed E-state index contributed by atoms with van der Waals surface area (Å²) in [5, 5.41) is 10.6. The van der Waals surface area contributed by atoms with E-state index < -0.39 is 16.7 Å². The van der Waals surface area contributed by atoms with E-state index in [0.717, 1.165) is 17.4 Å². The predicted octanol–water partition coefficient (Wildman–Crippen LogP) is 3.22. The van der Waals surface area contributed by atoms with Crippen LogP contribution in [0.2, 0.25) is 0 Å². The van der Waals surface area contributed by atoms with Crippen LogP contribution in [0.1, 0.15) is 16.6 Å².